The van der Waals surface area contributed by atoms with Crippen molar-refractivity contribution in [2.45, 2.75) is 6.54 Å². The SMILES string of the molecule is c1ccc(-c2ncc(Cn3ccnc3)[se]2)cc1. The summed E-state index contributed by atoms with van der Waals surface area (Å²) in [7, 11) is 0. The predicted molar refractivity (Wildman–Crippen MR) is 67.9 cm³/mol. The summed E-state index contributed by atoms with van der Waals surface area (Å²) in [5.74, 6) is 0. The predicted octanol–water partition coefficient (Wildman–Crippen LogP) is 2.05. The van der Waals surface area contributed by atoms with Gasteiger partial charge in [0, 0.05) is 0 Å². The van der Waals surface area contributed by atoms with Crippen molar-refractivity contribution in [2.75, 3.05) is 0 Å². The Labute approximate surface area is 106 Å². The summed E-state index contributed by atoms with van der Waals surface area (Å²) in [6.07, 6.45) is 7.64. The van der Waals surface area contributed by atoms with Gasteiger partial charge < -0.3 is 0 Å². The van der Waals surface area contributed by atoms with Crippen LogP contribution in [0.15, 0.2) is 55.2 Å². The molecular formula is C13H11N3Se. The van der Waals surface area contributed by atoms with Crippen molar-refractivity contribution in [1.82, 2.24) is 14.5 Å². The van der Waals surface area contributed by atoms with Gasteiger partial charge in [-0.15, -0.1) is 0 Å². The Balaban J connectivity index is 1.84. The van der Waals surface area contributed by atoms with Crippen LogP contribution in [0.3, 0.4) is 0 Å². The Kier molecular flexibility index (Phi) is 2.90. The van der Waals surface area contributed by atoms with E-state index in [1.54, 1.807) is 0 Å². The number of nitrogens with zero attached hydrogens (tertiary/aromatic N) is 3. The molecule has 4 heteroatoms. The van der Waals surface area contributed by atoms with E-state index in [4.69, 9.17) is 0 Å². The summed E-state index contributed by atoms with van der Waals surface area (Å²) in [5, 5.41) is 0. The molecule has 2 heterocycles. The number of rotatable bonds is 3. The van der Waals surface area contributed by atoms with E-state index in [1.165, 1.54) is 14.6 Å². The molecule has 0 radical (unpaired) electrons. The van der Waals surface area contributed by atoms with Gasteiger partial charge in [0.2, 0.25) is 0 Å². The number of aromatic nitrogens is 3. The van der Waals surface area contributed by atoms with E-state index in [9.17, 15) is 0 Å². The fourth-order valence-electron chi connectivity index (χ4n) is 1.65. The molecule has 0 atom stereocenters. The van der Waals surface area contributed by atoms with Crippen molar-refractivity contribution in [3.63, 3.8) is 0 Å². The first-order valence-corrected chi connectivity index (χ1v) is 7.09. The van der Waals surface area contributed by atoms with Gasteiger partial charge in [0.1, 0.15) is 0 Å². The molecule has 3 nitrogen and oxygen atoms in total. The Morgan fingerprint density at radius 3 is 2.82 bits per heavy atom. The van der Waals surface area contributed by atoms with Crippen LogP contribution in [0.4, 0.5) is 0 Å². The van der Waals surface area contributed by atoms with Crippen LogP contribution < -0.4 is 0 Å². The number of hydrogen-bond donors (Lipinski definition) is 0. The third-order valence-corrected chi connectivity index (χ3v) is 4.64. The summed E-state index contributed by atoms with van der Waals surface area (Å²) >= 11 is 0.339. The zero-order valence-electron chi connectivity index (χ0n) is 9.15. The Morgan fingerprint density at radius 1 is 1.18 bits per heavy atom. The minimum absolute atomic E-state index is 0.339. The zero-order chi connectivity index (χ0) is 11.5. The molecule has 0 N–H and O–H groups in total. The first-order chi connectivity index (χ1) is 8.42. The summed E-state index contributed by atoms with van der Waals surface area (Å²) in [6, 6.07) is 10.4. The minimum atomic E-state index is 0.339. The first kappa shape index (κ1) is 10.5. The van der Waals surface area contributed by atoms with Crippen LogP contribution in [0.25, 0.3) is 10.1 Å². The van der Waals surface area contributed by atoms with Gasteiger partial charge in [0.25, 0.3) is 0 Å². The summed E-state index contributed by atoms with van der Waals surface area (Å²) < 4.78 is 4.68. The van der Waals surface area contributed by atoms with Gasteiger partial charge in [-0.3, -0.25) is 0 Å². The van der Waals surface area contributed by atoms with Crippen molar-refractivity contribution in [2.24, 2.45) is 0 Å². The molecule has 0 aliphatic carbocycles. The van der Waals surface area contributed by atoms with E-state index >= 15 is 0 Å². The molecule has 1 aromatic carbocycles. The monoisotopic (exact) mass is 289 g/mol. The maximum atomic E-state index is 4.52. The standard InChI is InChI=1S/C13H11N3Se/c1-2-4-11(5-3-1)13-15-8-12(17-13)9-16-7-6-14-10-16/h1-8,10H,9H2. The van der Waals surface area contributed by atoms with Gasteiger partial charge >= 0.3 is 105 Å². The topological polar surface area (TPSA) is 30.7 Å². The van der Waals surface area contributed by atoms with Crippen LogP contribution in [-0.4, -0.2) is 29.0 Å². The molecule has 0 amide bonds. The van der Waals surface area contributed by atoms with E-state index in [2.05, 4.69) is 38.8 Å². The van der Waals surface area contributed by atoms with Gasteiger partial charge in [-0.1, -0.05) is 0 Å². The third kappa shape index (κ3) is 2.38. The van der Waals surface area contributed by atoms with Crippen molar-refractivity contribution < 1.29 is 0 Å². The van der Waals surface area contributed by atoms with E-state index in [0.717, 1.165) is 6.54 Å². The van der Waals surface area contributed by atoms with E-state index in [1.807, 2.05) is 31.0 Å². The second-order valence-electron chi connectivity index (χ2n) is 3.73. The Hall–Kier alpha value is -1.64. The Morgan fingerprint density at radius 2 is 2.06 bits per heavy atom. The molecule has 2 aromatic heterocycles. The first-order valence-electron chi connectivity index (χ1n) is 5.38. The Bertz CT molecular complexity index is 584. The van der Waals surface area contributed by atoms with Crippen LogP contribution >= 0.6 is 0 Å². The molecule has 0 spiro atoms. The van der Waals surface area contributed by atoms with Crippen LogP contribution in [0.1, 0.15) is 4.44 Å². The van der Waals surface area contributed by atoms with Crippen LogP contribution in [0.5, 0.6) is 0 Å². The van der Waals surface area contributed by atoms with Crippen molar-refractivity contribution in [3.05, 3.63) is 59.7 Å². The molecule has 0 aliphatic rings. The van der Waals surface area contributed by atoms with Gasteiger partial charge in [-0.05, 0) is 0 Å². The van der Waals surface area contributed by atoms with E-state index in [0.29, 0.717) is 14.5 Å². The fourth-order valence-corrected chi connectivity index (χ4v) is 3.60. The second-order valence-corrected chi connectivity index (χ2v) is 6.07. The van der Waals surface area contributed by atoms with Crippen molar-refractivity contribution >= 4 is 14.5 Å². The molecule has 84 valence electrons. The van der Waals surface area contributed by atoms with E-state index in [-0.39, 0.29) is 0 Å². The third-order valence-electron chi connectivity index (χ3n) is 2.47. The van der Waals surface area contributed by atoms with Gasteiger partial charge in [-0.2, -0.15) is 0 Å². The van der Waals surface area contributed by atoms with Crippen LogP contribution in [-0.2, 0) is 6.54 Å². The molecule has 0 aliphatic heterocycles. The van der Waals surface area contributed by atoms with Crippen molar-refractivity contribution in [1.29, 1.82) is 0 Å². The molecule has 0 saturated carbocycles. The normalized spacial score (nSPS) is 10.6. The maximum absolute atomic E-state index is 4.52. The summed E-state index contributed by atoms with van der Waals surface area (Å²) in [4.78, 5) is 8.56. The average molecular weight is 288 g/mol. The molecule has 0 unspecified atom stereocenters. The van der Waals surface area contributed by atoms with Gasteiger partial charge in [-0.25, -0.2) is 0 Å². The molecule has 17 heavy (non-hydrogen) atoms. The molecule has 3 aromatic rings. The fraction of sp³-hybridized carbons (Fsp3) is 0.0769. The average Bonchev–Trinajstić information content (AvgIpc) is 3.02. The van der Waals surface area contributed by atoms with Crippen molar-refractivity contribution in [3.8, 4) is 10.1 Å². The van der Waals surface area contributed by atoms with Gasteiger partial charge in [0.15, 0.2) is 0 Å². The molecule has 0 bridgehead atoms. The van der Waals surface area contributed by atoms with Gasteiger partial charge in [0.05, 0.1) is 0 Å². The molecule has 3 rings (SSSR count). The molecule has 0 fully saturated rings. The number of hydrogen-bond acceptors (Lipinski definition) is 2. The zero-order valence-corrected chi connectivity index (χ0v) is 10.9. The van der Waals surface area contributed by atoms with E-state index < -0.39 is 0 Å². The molecular weight excluding hydrogens is 277 g/mol. The number of benzene rings is 1. The van der Waals surface area contributed by atoms with Crippen LogP contribution in [0.2, 0.25) is 0 Å². The summed E-state index contributed by atoms with van der Waals surface area (Å²) in [5.41, 5.74) is 1.24. The van der Waals surface area contributed by atoms with Crippen LogP contribution in [0, 0.1) is 0 Å². The second kappa shape index (κ2) is 4.70. The summed E-state index contributed by atoms with van der Waals surface area (Å²) in [6.45, 7) is 0.903. The number of imidazole rings is 1. The quantitative estimate of drug-likeness (QED) is 0.691. The molecule has 0 saturated heterocycles.